The fourth-order valence-electron chi connectivity index (χ4n) is 3.59. The van der Waals surface area contributed by atoms with Gasteiger partial charge in [-0.2, -0.15) is 0 Å². The van der Waals surface area contributed by atoms with Gasteiger partial charge in [-0.05, 0) is 20.3 Å². The quantitative estimate of drug-likeness (QED) is 0.729. The van der Waals surface area contributed by atoms with Crippen LogP contribution in [-0.2, 0) is 23.7 Å². The van der Waals surface area contributed by atoms with Crippen LogP contribution in [0.3, 0.4) is 0 Å². The molecule has 2 saturated heterocycles. The van der Waals surface area contributed by atoms with Crippen molar-refractivity contribution in [2.24, 2.45) is 0 Å². The summed E-state index contributed by atoms with van der Waals surface area (Å²) in [6.45, 7) is 10.4. The second-order valence-electron chi connectivity index (χ2n) is 7.62. The molecule has 20 heavy (non-hydrogen) atoms. The van der Waals surface area contributed by atoms with Gasteiger partial charge in [-0.3, -0.25) is 4.79 Å². The lowest BCUT2D eigenvalue weighted by Crippen LogP contribution is -2.64. The largest absolute Gasteiger partial charge is 0.353 e. The summed E-state index contributed by atoms with van der Waals surface area (Å²) in [6, 6.07) is 0. The summed E-state index contributed by atoms with van der Waals surface area (Å²) in [5.74, 6) is -0.500. The Morgan fingerprint density at radius 2 is 1.85 bits per heavy atom. The number of methoxy groups -OCH3 is 1. The third kappa shape index (κ3) is 1.85. The van der Waals surface area contributed by atoms with Crippen molar-refractivity contribution in [3.8, 4) is 0 Å². The Morgan fingerprint density at radius 1 is 1.20 bits per heavy atom. The molecule has 0 aromatic carbocycles. The van der Waals surface area contributed by atoms with E-state index < -0.39 is 25.8 Å². The minimum absolute atomic E-state index is 0.145. The topological polar surface area (TPSA) is 54.0 Å². The zero-order valence-electron chi connectivity index (χ0n) is 13.1. The zero-order chi connectivity index (χ0) is 14.9. The van der Waals surface area contributed by atoms with Crippen molar-refractivity contribution < 1.29 is 23.7 Å². The first kappa shape index (κ1) is 14.7. The normalized spacial score (nSPS) is 46.6. The molecule has 6 heteroatoms. The Kier molecular flexibility index (Phi) is 3.03. The van der Waals surface area contributed by atoms with Crippen LogP contribution in [0.25, 0.3) is 0 Å². The number of rotatable bonds is 2. The molecule has 3 rings (SSSR count). The van der Waals surface area contributed by atoms with E-state index in [2.05, 4.69) is 19.6 Å². The van der Waals surface area contributed by atoms with Crippen molar-refractivity contribution in [3.05, 3.63) is 0 Å². The minimum Gasteiger partial charge on any atom is -0.353 e. The summed E-state index contributed by atoms with van der Waals surface area (Å²) in [4.78, 5) is 12.8. The van der Waals surface area contributed by atoms with Gasteiger partial charge < -0.3 is 18.9 Å². The van der Waals surface area contributed by atoms with E-state index in [-0.39, 0.29) is 23.5 Å². The first-order chi connectivity index (χ1) is 9.11. The summed E-state index contributed by atoms with van der Waals surface area (Å²) in [5, 5.41) is 0. The molecule has 5 atom stereocenters. The Balaban J connectivity index is 1.87. The number of ether oxygens (including phenoxy) is 4. The van der Waals surface area contributed by atoms with E-state index in [0.717, 1.165) is 6.42 Å². The van der Waals surface area contributed by atoms with E-state index in [9.17, 15) is 4.79 Å². The maximum atomic E-state index is 12.8. The van der Waals surface area contributed by atoms with Gasteiger partial charge in [0.25, 0.3) is 0 Å². The molecule has 2 aliphatic heterocycles. The van der Waals surface area contributed by atoms with Gasteiger partial charge in [0.15, 0.2) is 23.5 Å². The van der Waals surface area contributed by atoms with Crippen molar-refractivity contribution in [3.63, 3.8) is 0 Å². The third-order valence-electron chi connectivity index (χ3n) is 4.70. The molecule has 0 radical (unpaired) electrons. The highest BCUT2D eigenvalue weighted by atomic mass is 28.3. The highest BCUT2D eigenvalue weighted by Gasteiger charge is 2.73. The van der Waals surface area contributed by atoms with Crippen molar-refractivity contribution in [1.82, 2.24) is 0 Å². The van der Waals surface area contributed by atoms with Crippen molar-refractivity contribution in [2.45, 2.75) is 75.3 Å². The maximum Gasteiger partial charge on any atom is 0.187 e. The van der Waals surface area contributed by atoms with E-state index in [1.54, 1.807) is 7.11 Å². The van der Waals surface area contributed by atoms with E-state index in [1.165, 1.54) is 0 Å². The average Bonchev–Trinajstić information content (AvgIpc) is 2.76. The SMILES string of the molecule is COC1O[C@@]2(CC([Si](C)(C)C)C2=O)[C@@H]2OC(C)(C)OC12. The van der Waals surface area contributed by atoms with Gasteiger partial charge in [-0.15, -0.1) is 0 Å². The Labute approximate surface area is 120 Å². The first-order valence-corrected chi connectivity index (χ1v) is 10.8. The van der Waals surface area contributed by atoms with Crippen LogP contribution < -0.4 is 0 Å². The van der Waals surface area contributed by atoms with E-state index in [0.29, 0.717) is 0 Å². The van der Waals surface area contributed by atoms with Crippen molar-refractivity contribution in [1.29, 1.82) is 0 Å². The molecule has 1 spiro atoms. The second kappa shape index (κ2) is 4.13. The Bertz CT molecular complexity index is 443. The zero-order valence-corrected chi connectivity index (χ0v) is 14.1. The van der Waals surface area contributed by atoms with Gasteiger partial charge in [-0.25, -0.2) is 0 Å². The molecule has 0 aromatic heterocycles. The Morgan fingerprint density at radius 3 is 2.35 bits per heavy atom. The average molecular weight is 300 g/mol. The summed E-state index contributed by atoms with van der Waals surface area (Å²) >= 11 is 0. The number of hydrogen-bond acceptors (Lipinski definition) is 5. The van der Waals surface area contributed by atoms with Gasteiger partial charge in [-0.1, -0.05) is 19.6 Å². The third-order valence-corrected chi connectivity index (χ3v) is 7.26. The lowest BCUT2D eigenvalue weighted by molar-refractivity contribution is -0.254. The van der Waals surface area contributed by atoms with Crippen LogP contribution in [0.2, 0.25) is 25.2 Å². The monoisotopic (exact) mass is 300 g/mol. The van der Waals surface area contributed by atoms with E-state index >= 15 is 0 Å². The van der Waals surface area contributed by atoms with Crippen LogP contribution in [0.1, 0.15) is 20.3 Å². The van der Waals surface area contributed by atoms with Gasteiger partial charge in [0.1, 0.15) is 12.2 Å². The maximum absolute atomic E-state index is 12.8. The second-order valence-corrected chi connectivity index (χ2v) is 13.0. The molecule has 3 aliphatic rings. The number of hydrogen-bond donors (Lipinski definition) is 0. The van der Waals surface area contributed by atoms with Gasteiger partial charge in [0.2, 0.25) is 0 Å². The van der Waals surface area contributed by atoms with Crippen LogP contribution in [-0.4, -0.2) is 50.9 Å². The molecule has 3 fully saturated rings. The number of carbonyl (C=O) groups excluding carboxylic acids is 1. The molecule has 0 bridgehead atoms. The highest BCUT2D eigenvalue weighted by Crippen LogP contribution is 2.57. The van der Waals surface area contributed by atoms with Crippen LogP contribution in [0, 0.1) is 0 Å². The summed E-state index contributed by atoms with van der Waals surface area (Å²) in [6.07, 6.45) is -0.445. The smallest absolute Gasteiger partial charge is 0.187 e. The van der Waals surface area contributed by atoms with Crippen molar-refractivity contribution >= 4 is 13.9 Å². The molecule has 1 aliphatic carbocycles. The highest BCUT2D eigenvalue weighted by molar-refractivity contribution is 6.81. The molecule has 1 saturated carbocycles. The summed E-state index contributed by atoms with van der Waals surface area (Å²) in [7, 11) is 0.0689. The Hall–Kier alpha value is -0.273. The van der Waals surface area contributed by atoms with Crippen molar-refractivity contribution in [2.75, 3.05) is 7.11 Å². The number of carbonyl (C=O) groups is 1. The minimum atomic E-state index is -1.51. The predicted molar refractivity (Wildman–Crippen MR) is 75.2 cm³/mol. The van der Waals surface area contributed by atoms with Gasteiger partial charge in [0.05, 0.1) is 8.07 Å². The van der Waals surface area contributed by atoms with Gasteiger partial charge in [0, 0.05) is 12.7 Å². The standard InChI is InChI=1S/C14H24O5Si/c1-13(2)17-9-11(18-13)14(19-12(9)16-3)7-8(10(14)15)20(4,5)6/h8-9,11-12H,7H2,1-6H3/t8?,9?,11-,12?,14-/m1/s1. The van der Waals surface area contributed by atoms with Gasteiger partial charge >= 0.3 is 0 Å². The lowest BCUT2D eigenvalue weighted by atomic mass is 9.73. The van der Waals surface area contributed by atoms with Crippen LogP contribution in [0.15, 0.2) is 0 Å². The molecule has 2 heterocycles. The molecule has 0 aromatic rings. The van der Waals surface area contributed by atoms with E-state index in [4.69, 9.17) is 18.9 Å². The molecule has 5 nitrogen and oxygen atoms in total. The first-order valence-electron chi connectivity index (χ1n) is 7.21. The molecular weight excluding hydrogens is 276 g/mol. The summed E-state index contributed by atoms with van der Waals surface area (Å²) < 4.78 is 23.1. The molecule has 3 unspecified atom stereocenters. The molecule has 0 amide bonds. The summed E-state index contributed by atoms with van der Waals surface area (Å²) in [5.41, 5.74) is -0.699. The van der Waals surface area contributed by atoms with Crippen LogP contribution >= 0.6 is 0 Å². The molecule has 0 N–H and O–H groups in total. The number of Topliss-reactive ketones (excluding diaryl/α,β-unsaturated/α-hetero) is 1. The van der Waals surface area contributed by atoms with Crippen LogP contribution in [0.5, 0.6) is 0 Å². The van der Waals surface area contributed by atoms with E-state index in [1.807, 2.05) is 13.8 Å². The lowest BCUT2D eigenvalue weighted by Gasteiger charge is -2.49. The number of fused-ring (bicyclic) bond motifs is 2. The fraction of sp³-hybridized carbons (Fsp3) is 0.929. The number of ketones is 1. The molecular formula is C14H24O5Si. The fourth-order valence-corrected chi connectivity index (χ4v) is 5.54. The predicted octanol–water partition coefficient (Wildman–Crippen LogP) is 1.93. The molecule has 114 valence electrons. The van der Waals surface area contributed by atoms with Crippen LogP contribution in [0.4, 0.5) is 0 Å².